The van der Waals surface area contributed by atoms with Crippen molar-refractivity contribution in [1.29, 1.82) is 0 Å². The van der Waals surface area contributed by atoms with E-state index in [9.17, 15) is 19.2 Å². The zero-order valence-electron chi connectivity index (χ0n) is 23.9. The fraction of sp³-hybridized carbons (Fsp3) is 0.118. The summed E-state index contributed by atoms with van der Waals surface area (Å²) >= 11 is 0. The van der Waals surface area contributed by atoms with Crippen LogP contribution in [0.2, 0.25) is 0 Å². The zero-order valence-corrected chi connectivity index (χ0v) is 23.9. The summed E-state index contributed by atoms with van der Waals surface area (Å²) in [6, 6.07) is 22.0. The fourth-order valence-electron chi connectivity index (χ4n) is 4.91. The lowest BCUT2D eigenvalue weighted by atomic mass is 10.0. The largest absolute Gasteiger partial charge is 0.465 e. The van der Waals surface area contributed by atoms with Crippen LogP contribution in [0.5, 0.6) is 0 Å². The second-order valence-electron chi connectivity index (χ2n) is 10.1. The van der Waals surface area contributed by atoms with Crippen LogP contribution in [-0.4, -0.2) is 56.0 Å². The molecule has 0 saturated heterocycles. The second-order valence-corrected chi connectivity index (χ2v) is 10.1. The van der Waals surface area contributed by atoms with Gasteiger partial charge in [-0.15, -0.1) is 0 Å². The lowest BCUT2D eigenvalue weighted by Crippen LogP contribution is -2.13. The number of nitrogens with zero attached hydrogens (tertiary/aromatic N) is 4. The van der Waals surface area contributed by atoms with E-state index in [1.54, 1.807) is 69.9 Å². The van der Waals surface area contributed by atoms with Gasteiger partial charge < -0.3 is 9.47 Å². The molecule has 0 fully saturated rings. The van der Waals surface area contributed by atoms with Crippen molar-refractivity contribution in [3.8, 4) is 0 Å². The number of fused-ring (bicyclic) bond motifs is 2. The van der Waals surface area contributed by atoms with Crippen LogP contribution in [0, 0.1) is 6.92 Å². The maximum Gasteiger partial charge on any atom is 0.338 e. The summed E-state index contributed by atoms with van der Waals surface area (Å²) in [6.45, 7) is 1.91. The summed E-state index contributed by atoms with van der Waals surface area (Å²) in [6.07, 6.45) is 5.13. The van der Waals surface area contributed by atoms with Gasteiger partial charge in [0.05, 0.1) is 41.9 Å². The smallest absolute Gasteiger partial charge is 0.338 e. The molecule has 6 rings (SSSR count). The molecule has 6 aromatic rings. The van der Waals surface area contributed by atoms with E-state index in [1.165, 1.54) is 25.3 Å². The minimum absolute atomic E-state index is 0.0185. The van der Waals surface area contributed by atoms with Gasteiger partial charge >= 0.3 is 11.9 Å². The molecule has 4 aromatic heterocycles. The first-order valence-electron chi connectivity index (χ1n) is 13.8. The predicted molar refractivity (Wildman–Crippen MR) is 160 cm³/mol. The number of ketones is 2. The van der Waals surface area contributed by atoms with Crippen LogP contribution >= 0.6 is 0 Å². The minimum atomic E-state index is -0.621. The molecule has 4 heterocycles. The Bertz CT molecular complexity index is 2060. The monoisotopic (exact) mass is 586 g/mol. The Morgan fingerprint density at radius 2 is 1.36 bits per heavy atom. The van der Waals surface area contributed by atoms with Gasteiger partial charge in [-0.05, 0) is 31.2 Å². The van der Waals surface area contributed by atoms with E-state index in [0.717, 1.165) is 5.56 Å². The molecule has 10 heteroatoms. The molecule has 0 unspecified atom stereocenters. The number of hydrogen-bond donors (Lipinski definition) is 0. The molecule has 44 heavy (non-hydrogen) atoms. The molecule has 0 aliphatic carbocycles. The zero-order chi connectivity index (χ0) is 30.8. The maximum absolute atomic E-state index is 13.4. The number of ether oxygens (including phenoxy) is 2. The third kappa shape index (κ3) is 5.48. The SMILES string of the molecule is COC(=O)c1cc(C(=O)c2ccc(C)cc2)n2cc(CCOC(=O)c3cc(C(=O)c4ccccc4)n4ccnc4c3)nc2c1. The number of aryl methyl sites for hydroxylation is 1. The van der Waals surface area contributed by atoms with E-state index in [0.29, 0.717) is 28.1 Å². The average Bonchev–Trinajstić information content (AvgIpc) is 3.70. The number of carbonyl (C=O) groups is 4. The Kier molecular flexibility index (Phi) is 7.55. The highest BCUT2D eigenvalue weighted by Crippen LogP contribution is 2.20. The van der Waals surface area contributed by atoms with Crippen molar-refractivity contribution >= 4 is 34.8 Å². The normalized spacial score (nSPS) is 11.0. The number of pyridine rings is 2. The molecule has 0 N–H and O–H groups in total. The molecule has 0 aliphatic rings. The maximum atomic E-state index is 13.4. The van der Waals surface area contributed by atoms with Gasteiger partial charge in [-0.2, -0.15) is 0 Å². The first-order valence-corrected chi connectivity index (χ1v) is 13.8. The number of carbonyl (C=O) groups excluding carboxylic acids is 4. The Labute approximate surface area is 251 Å². The number of benzene rings is 2. The minimum Gasteiger partial charge on any atom is -0.465 e. The third-order valence-electron chi connectivity index (χ3n) is 7.19. The number of imidazole rings is 2. The van der Waals surface area contributed by atoms with Crippen LogP contribution in [-0.2, 0) is 15.9 Å². The molecule has 0 atom stereocenters. The Morgan fingerprint density at radius 3 is 2.07 bits per heavy atom. The van der Waals surface area contributed by atoms with Gasteiger partial charge in [0.1, 0.15) is 11.3 Å². The molecule has 0 spiro atoms. The molecule has 0 amide bonds. The van der Waals surface area contributed by atoms with Crippen molar-refractivity contribution in [1.82, 2.24) is 18.8 Å². The number of rotatable bonds is 9. The fourth-order valence-corrected chi connectivity index (χ4v) is 4.91. The van der Waals surface area contributed by atoms with E-state index < -0.39 is 11.9 Å². The van der Waals surface area contributed by atoms with Crippen molar-refractivity contribution < 1.29 is 28.7 Å². The second kappa shape index (κ2) is 11.8. The molecule has 10 nitrogen and oxygen atoms in total. The highest BCUT2D eigenvalue weighted by molar-refractivity contribution is 6.10. The van der Waals surface area contributed by atoms with Crippen molar-refractivity contribution in [2.75, 3.05) is 13.7 Å². The first kappa shape index (κ1) is 28.2. The van der Waals surface area contributed by atoms with Gasteiger partial charge in [0.15, 0.2) is 0 Å². The van der Waals surface area contributed by atoms with Crippen molar-refractivity contribution in [2.45, 2.75) is 13.3 Å². The van der Waals surface area contributed by atoms with Crippen LogP contribution < -0.4 is 0 Å². The molecule has 0 bridgehead atoms. The lowest BCUT2D eigenvalue weighted by molar-refractivity contribution is 0.0507. The van der Waals surface area contributed by atoms with Gasteiger partial charge in [0.2, 0.25) is 11.6 Å². The van der Waals surface area contributed by atoms with E-state index >= 15 is 0 Å². The summed E-state index contributed by atoms with van der Waals surface area (Å²) in [4.78, 5) is 60.9. The summed E-state index contributed by atoms with van der Waals surface area (Å²) < 4.78 is 13.7. The topological polar surface area (TPSA) is 121 Å². The van der Waals surface area contributed by atoms with Crippen molar-refractivity contribution in [2.24, 2.45) is 0 Å². The van der Waals surface area contributed by atoms with Gasteiger partial charge in [-0.25, -0.2) is 19.6 Å². The van der Waals surface area contributed by atoms with Gasteiger partial charge in [-0.1, -0.05) is 60.2 Å². The van der Waals surface area contributed by atoms with Crippen LogP contribution in [0.3, 0.4) is 0 Å². The van der Waals surface area contributed by atoms with Crippen molar-refractivity contribution in [3.63, 3.8) is 0 Å². The highest BCUT2D eigenvalue weighted by atomic mass is 16.5. The van der Waals surface area contributed by atoms with E-state index in [4.69, 9.17) is 9.47 Å². The molecule has 0 aliphatic heterocycles. The number of methoxy groups -OCH3 is 1. The van der Waals surface area contributed by atoms with Crippen molar-refractivity contribution in [3.05, 3.63) is 142 Å². The van der Waals surface area contributed by atoms with Gasteiger partial charge in [0, 0.05) is 36.1 Å². The van der Waals surface area contributed by atoms with Gasteiger partial charge in [-0.3, -0.25) is 18.4 Å². The molecule has 218 valence electrons. The first-order chi connectivity index (χ1) is 21.3. The lowest BCUT2D eigenvalue weighted by Gasteiger charge is -2.09. The van der Waals surface area contributed by atoms with E-state index in [1.807, 2.05) is 25.1 Å². The number of aromatic nitrogens is 4. The van der Waals surface area contributed by atoms with E-state index in [2.05, 4.69) is 9.97 Å². The summed E-state index contributed by atoms with van der Waals surface area (Å²) in [7, 11) is 1.27. The standard InChI is InChI=1S/C34H26N4O6/c1-21-8-10-23(11-9-21)32(40)28-16-24(33(41)43-2)19-30-36-26(20-38(28)30)12-15-44-34(42)25-17-27(37-14-13-35-29(37)18-25)31(39)22-6-4-3-5-7-22/h3-11,13-14,16-20H,12,15H2,1-2H3. The molecular formula is C34H26N4O6. The van der Waals surface area contributed by atoms with Crippen LogP contribution in [0.15, 0.2) is 97.5 Å². The summed E-state index contributed by atoms with van der Waals surface area (Å²) in [5.41, 5.74) is 4.21. The quantitative estimate of drug-likeness (QED) is 0.173. The summed E-state index contributed by atoms with van der Waals surface area (Å²) in [5.74, 6) is -1.75. The Hall–Kier alpha value is -5.90. The van der Waals surface area contributed by atoms with Crippen LogP contribution in [0.25, 0.3) is 11.3 Å². The number of hydrogen-bond acceptors (Lipinski definition) is 8. The molecule has 0 saturated carbocycles. The van der Waals surface area contributed by atoms with Gasteiger partial charge in [0.25, 0.3) is 0 Å². The van der Waals surface area contributed by atoms with Crippen LogP contribution in [0.4, 0.5) is 0 Å². The van der Waals surface area contributed by atoms with Crippen LogP contribution in [0.1, 0.15) is 64.1 Å². The summed E-state index contributed by atoms with van der Waals surface area (Å²) in [5, 5.41) is 0. The third-order valence-corrected chi connectivity index (χ3v) is 7.19. The molecule has 0 radical (unpaired) electrons. The molecular weight excluding hydrogens is 560 g/mol. The highest BCUT2D eigenvalue weighted by Gasteiger charge is 2.20. The average molecular weight is 587 g/mol. The predicted octanol–water partition coefficient (Wildman–Crippen LogP) is 4.94. The Balaban J connectivity index is 1.23. The molecule has 2 aromatic carbocycles. The Morgan fingerprint density at radius 1 is 0.727 bits per heavy atom. The number of esters is 2. The van der Waals surface area contributed by atoms with E-state index in [-0.39, 0.29) is 47.1 Å².